The first-order valence-electron chi connectivity index (χ1n) is 8.58. The van der Waals surface area contributed by atoms with E-state index in [4.69, 9.17) is 10.8 Å². The Morgan fingerprint density at radius 1 is 1.23 bits per heavy atom. The average Bonchev–Trinajstić information content (AvgIpc) is 2.60. The van der Waals surface area contributed by atoms with Gasteiger partial charge < -0.3 is 15.7 Å². The fourth-order valence-electron chi connectivity index (χ4n) is 2.74. The summed E-state index contributed by atoms with van der Waals surface area (Å²) in [5.74, 6) is -0.844. The largest absolute Gasteiger partial charge is 0.478 e. The standard InChI is InChI=1S/C18H24N4O4/c1-3-5-10-22-15(19)14(16(23)20-18(22)26)21(4-2)11-12-6-8-13(9-7-12)17(24)25/h6-9H,3-5,10-11,19H2,1-2H3,(H,24,25)(H,20,23,26). The first kappa shape index (κ1) is 19.3. The number of H-pyrrole nitrogens is 1. The third-order valence-corrected chi connectivity index (χ3v) is 4.22. The van der Waals surface area contributed by atoms with Crippen LogP contribution in [0.5, 0.6) is 0 Å². The van der Waals surface area contributed by atoms with Gasteiger partial charge in [-0.25, -0.2) is 9.59 Å². The van der Waals surface area contributed by atoms with Crippen molar-refractivity contribution in [3.63, 3.8) is 0 Å². The summed E-state index contributed by atoms with van der Waals surface area (Å²) in [5.41, 5.74) is 6.40. The Hall–Kier alpha value is -3.03. The molecule has 0 spiro atoms. The van der Waals surface area contributed by atoms with Gasteiger partial charge in [0.15, 0.2) is 0 Å². The molecule has 4 N–H and O–H groups in total. The van der Waals surface area contributed by atoms with Crippen molar-refractivity contribution in [2.45, 2.75) is 39.8 Å². The maximum absolute atomic E-state index is 12.4. The molecule has 0 aliphatic carbocycles. The number of rotatable bonds is 8. The van der Waals surface area contributed by atoms with Gasteiger partial charge in [-0.05, 0) is 31.0 Å². The highest BCUT2D eigenvalue weighted by Gasteiger charge is 2.18. The molecular weight excluding hydrogens is 336 g/mol. The van der Waals surface area contributed by atoms with Crippen LogP contribution < -0.4 is 21.9 Å². The Bertz CT molecular complexity index is 884. The molecule has 1 heterocycles. The molecule has 140 valence electrons. The first-order chi connectivity index (χ1) is 12.4. The van der Waals surface area contributed by atoms with E-state index >= 15 is 0 Å². The Morgan fingerprint density at radius 3 is 2.42 bits per heavy atom. The molecule has 0 atom stereocenters. The molecule has 0 bridgehead atoms. The van der Waals surface area contributed by atoms with E-state index in [2.05, 4.69) is 4.98 Å². The second-order valence-corrected chi connectivity index (χ2v) is 6.01. The Morgan fingerprint density at radius 2 is 1.88 bits per heavy atom. The van der Waals surface area contributed by atoms with E-state index in [9.17, 15) is 14.4 Å². The highest BCUT2D eigenvalue weighted by atomic mass is 16.4. The number of aromatic nitrogens is 2. The number of unbranched alkanes of at least 4 members (excludes halogenated alkanes) is 1. The van der Waals surface area contributed by atoms with Gasteiger partial charge in [0, 0.05) is 19.6 Å². The molecule has 0 saturated carbocycles. The molecule has 26 heavy (non-hydrogen) atoms. The van der Waals surface area contributed by atoms with Crippen LogP contribution in [0.15, 0.2) is 33.9 Å². The van der Waals surface area contributed by atoms with Gasteiger partial charge in [0.2, 0.25) is 0 Å². The molecule has 8 heteroatoms. The lowest BCUT2D eigenvalue weighted by Gasteiger charge is -2.25. The van der Waals surface area contributed by atoms with Crippen molar-refractivity contribution >= 4 is 17.5 Å². The number of nitrogens with zero attached hydrogens (tertiary/aromatic N) is 2. The van der Waals surface area contributed by atoms with Gasteiger partial charge in [0.1, 0.15) is 11.5 Å². The van der Waals surface area contributed by atoms with Crippen molar-refractivity contribution in [1.82, 2.24) is 9.55 Å². The number of anilines is 2. The maximum atomic E-state index is 12.4. The predicted molar refractivity (Wildman–Crippen MR) is 101 cm³/mol. The van der Waals surface area contributed by atoms with E-state index in [1.807, 2.05) is 13.8 Å². The fourth-order valence-corrected chi connectivity index (χ4v) is 2.74. The molecule has 2 aromatic rings. The topological polar surface area (TPSA) is 121 Å². The second kappa shape index (κ2) is 8.37. The van der Waals surface area contributed by atoms with Crippen molar-refractivity contribution in [1.29, 1.82) is 0 Å². The fraction of sp³-hybridized carbons (Fsp3) is 0.389. The van der Waals surface area contributed by atoms with Crippen LogP contribution in [0.3, 0.4) is 0 Å². The molecule has 0 aliphatic rings. The van der Waals surface area contributed by atoms with Crippen LogP contribution in [0.25, 0.3) is 0 Å². The molecule has 0 amide bonds. The molecule has 0 radical (unpaired) electrons. The van der Waals surface area contributed by atoms with Gasteiger partial charge in [-0.2, -0.15) is 0 Å². The highest BCUT2D eigenvalue weighted by Crippen LogP contribution is 2.19. The molecule has 0 unspecified atom stereocenters. The van der Waals surface area contributed by atoms with Crippen LogP contribution in [0.4, 0.5) is 11.5 Å². The predicted octanol–water partition coefficient (Wildman–Crippen LogP) is 1.64. The lowest BCUT2D eigenvalue weighted by atomic mass is 10.1. The van der Waals surface area contributed by atoms with Crippen molar-refractivity contribution in [3.8, 4) is 0 Å². The number of nitrogens with two attached hydrogens (primary N) is 1. The number of carboxylic acids is 1. The summed E-state index contributed by atoms with van der Waals surface area (Å²) >= 11 is 0. The van der Waals surface area contributed by atoms with E-state index in [0.29, 0.717) is 19.6 Å². The highest BCUT2D eigenvalue weighted by molar-refractivity contribution is 5.87. The molecule has 0 saturated heterocycles. The van der Waals surface area contributed by atoms with E-state index < -0.39 is 17.2 Å². The molecule has 1 aromatic carbocycles. The van der Waals surface area contributed by atoms with Crippen LogP contribution in [0.2, 0.25) is 0 Å². The quantitative estimate of drug-likeness (QED) is 0.658. The Kier molecular flexibility index (Phi) is 6.21. The SMILES string of the molecule is CCCCn1c(N)c(N(CC)Cc2ccc(C(=O)O)cc2)c(=O)[nH]c1=O. The van der Waals surface area contributed by atoms with Crippen molar-refractivity contribution in [2.75, 3.05) is 17.2 Å². The van der Waals surface area contributed by atoms with Crippen molar-refractivity contribution < 1.29 is 9.90 Å². The summed E-state index contributed by atoms with van der Waals surface area (Å²) in [5, 5.41) is 8.98. The molecule has 0 fully saturated rings. The van der Waals surface area contributed by atoms with Gasteiger partial charge in [0.25, 0.3) is 5.56 Å². The minimum absolute atomic E-state index is 0.149. The van der Waals surface area contributed by atoms with Crippen LogP contribution >= 0.6 is 0 Å². The van der Waals surface area contributed by atoms with Crippen molar-refractivity contribution in [3.05, 3.63) is 56.2 Å². The minimum atomic E-state index is -0.993. The summed E-state index contributed by atoms with van der Waals surface area (Å²) in [6.45, 7) is 5.20. The minimum Gasteiger partial charge on any atom is -0.478 e. The van der Waals surface area contributed by atoms with Crippen molar-refractivity contribution in [2.24, 2.45) is 0 Å². The normalized spacial score (nSPS) is 10.7. The number of aromatic amines is 1. The Labute approximate surface area is 150 Å². The molecule has 0 aliphatic heterocycles. The number of benzene rings is 1. The lowest BCUT2D eigenvalue weighted by Crippen LogP contribution is -2.38. The summed E-state index contributed by atoms with van der Waals surface area (Å²) in [6.07, 6.45) is 1.67. The number of nitrogens with one attached hydrogen (secondary N) is 1. The van der Waals surface area contributed by atoms with Crippen LogP contribution in [-0.4, -0.2) is 27.2 Å². The molecule has 8 nitrogen and oxygen atoms in total. The zero-order valence-electron chi connectivity index (χ0n) is 15.0. The number of hydrogen-bond acceptors (Lipinski definition) is 5. The monoisotopic (exact) mass is 360 g/mol. The third kappa shape index (κ3) is 4.14. The van der Waals surface area contributed by atoms with Gasteiger partial charge in [0.05, 0.1) is 5.56 Å². The molecular formula is C18H24N4O4. The average molecular weight is 360 g/mol. The number of carboxylic acid groups (broad SMARTS) is 1. The van der Waals surface area contributed by atoms with E-state index in [1.54, 1.807) is 17.0 Å². The lowest BCUT2D eigenvalue weighted by molar-refractivity contribution is 0.0697. The van der Waals surface area contributed by atoms with Crippen LogP contribution in [-0.2, 0) is 13.1 Å². The van der Waals surface area contributed by atoms with E-state index in [1.165, 1.54) is 16.7 Å². The maximum Gasteiger partial charge on any atom is 0.335 e. The number of nitrogen functional groups attached to an aromatic ring is 1. The van der Waals surface area contributed by atoms with Gasteiger partial charge in [-0.15, -0.1) is 0 Å². The van der Waals surface area contributed by atoms with Gasteiger partial charge in [-0.1, -0.05) is 25.5 Å². The number of aromatic carboxylic acids is 1. The zero-order valence-corrected chi connectivity index (χ0v) is 15.0. The summed E-state index contributed by atoms with van der Waals surface area (Å²) in [4.78, 5) is 39.5. The smallest absolute Gasteiger partial charge is 0.335 e. The number of hydrogen-bond donors (Lipinski definition) is 3. The van der Waals surface area contributed by atoms with Gasteiger partial charge >= 0.3 is 11.7 Å². The second-order valence-electron chi connectivity index (χ2n) is 6.01. The number of carbonyl (C=O) groups is 1. The first-order valence-corrected chi connectivity index (χ1v) is 8.58. The van der Waals surface area contributed by atoms with E-state index in [-0.39, 0.29) is 17.1 Å². The third-order valence-electron chi connectivity index (χ3n) is 4.22. The summed E-state index contributed by atoms with van der Waals surface area (Å²) < 4.78 is 1.39. The van der Waals surface area contributed by atoms with Crippen LogP contribution in [0, 0.1) is 0 Å². The zero-order chi connectivity index (χ0) is 19.3. The molecule has 1 aromatic heterocycles. The van der Waals surface area contributed by atoms with E-state index in [0.717, 1.165) is 18.4 Å². The summed E-state index contributed by atoms with van der Waals surface area (Å²) in [6, 6.07) is 6.43. The molecule has 2 rings (SSSR count). The van der Waals surface area contributed by atoms with Crippen LogP contribution in [0.1, 0.15) is 42.6 Å². The van der Waals surface area contributed by atoms with Gasteiger partial charge in [-0.3, -0.25) is 14.3 Å². The summed E-state index contributed by atoms with van der Waals surface area (Å²) in [7, 11) is 0. The Balaban J connectivity index is 2.38.